The number of rotatable bonds is 4. The lowest BCUT2D eigenvalue weighted by atomic mass is 10.1. The Morgan fingerprint density at radius 2 is 1.80 bits per heavy atom. The van der Waals surface area contributed by atoms with Gasteiger partial charge in [0.15, 0.2) is 0 Å². The van der Waals surface area contributed by atoms with Crippen molar-refractivity contribution in [2.24, 2.45) is 0 Å². The zero-order valence-electron chi connectivity index (χ0n) is 16.3. The summed E-state index contributed by atoms with van der Waals surface area (Å²) in [5, 5.41) is 7.34. The van der Waals surface area contributed by atoms with E-state index in [1.807, 2.05) is 0 Å². The smallest absolute Gasteiger partial charge is 0.272 e. The first-order valence-electron chi connectivity index (χ1n) is 10.1. The predicted octanol–water partition coefficient (Wildman–Crippen LogP) is 2.77. The first kappa shape index (κ1) is 18.7. The van der Waals surface area contributed by atoms with Gasteiger partial charge in [-0.25, -0.2) is 9.49 Å². The van der Waals surface area contributed by atoms with Gasteiger partial charge >= 0.3 is 0 Å². The Hall–Kier alpha value is -3.26. The van der Waals surface area contributed by atoms with Crippen LogP contribution >= 0.6 is 0 Å². The van der Waals surface area contributed by atoms with Crippen LogP contribution in [0.2, 0.25) is 0 Å². The molecule has 0 radical (unpaired) electrons. The van der Waals surface area contributed by atoms with Crippen molar-refractivity contribution < 1.29 is 13.9 Å². The number of halogens is 1. The van der Waals surface area contributed by atoms with Crippen molar-refractivity contribution in [2.75, 3.05) is 26.2 Å². The van der Waals surface area contributed by atoms with Gasteiger partial charge in [0.1, 0.15) is 11.6 Å². The summed E-state index contributed by atoms with van der Waals surface area (Å²) in [7, 11) is 0. The third kappa shape index (κ3) is 3.54. The van der Waals surface area contributed by atoms with E-state index in [0.29, 0.717) is 29.9 Å². The van der Waals surface area contributed by atoms with E-state index in [4.69, 9.17) is 4.74 Å². The Morgan fingerprint density at radius 3 is 2.53 bits per heavy atom. The van der Waals surface area contributed by atoms with Crippen molar-refractivity contribution in [1.29, 1.82) is 0 Å². The number of hydrogen-bond acceptors (Lipinski definition) is 5. The van der Waals surface area contributed by atoms with Crippen molar-refractivity contribution in [3.63, 3.8) is 0 Å². The molecule has 1 N–H and O–H groups in total. The van der Waals surface area contributed by atoms with Crippen LogP contribution in [0.15, 0.2) is 47.3 Å². The third-order valence-corrected chi connectivity index (χ3v) is 5.71. The summed E-state index contributed by atoms with van der Waals surface area (Å²) in [6.45, 7) is 2.82. The maximum atomic E-state index is 14.5. The molecule has 0 atom stereocenters. The number of amides is 1. The quantitative estimate of drug-likeness (QED) is 0.718. The molecule has 0 spiro atoms. The van der Waals surface area contributed by atoms with Gasteiger partial charge in [-0.1, -0.05) is 12.1 Å². The number of nitrogens with zero attached hydrogens (tertiary/aromatic N) is 3. The van der Waals surface area contributed by atoms with Crippen LogP contribution in [0.4, 0.5) is 4.39 Å². The molecule has 2 heterocycles. The van der Waals surface area contributed by atoms with E-state index in [2.05, 4.69) is 15.1 Å². The molecular formula is C22H21FN4O3. The van der Waals surface area contributed by atoms with Crippen LogP contribution in [0.1, 0.15) is 23.2 Å². The van der Waals surface area contributed by atoms with Gasteiger partial charge in [0.25, 0.3) is 11.5 Å². The molecule has 1 aromatic heterocycles. The van der Waals surface area contributed by atoms with Crippen LogP contribution in [0.25, 0.3) is 10.8 Å². The number of ether oxygens (including phenoxy) is 1. The third-order valence-electron chi connectivity index (χ3n) is 5.71. The fourth-order valence-electron chi connectivity index (χ4n) is 3.91. The molecule has 3 aromatic rings. The summed E-state index contributed by atoms with van der Waals surface area (Å²) >= 11 is 0. The number of carbonyl (C=O) groups excluding carboxylic acids is 1. The topological polar surface area (TPSA) is 78.5 Å². The summed E-state index contributed by atoms with van der Waals surface area (Å²) in [5.74, 6) is -0.460. The minimum atomic E-state index is -0.587. The number of fused-ring (bicyclic) bond motifs is 1. The maximum Gasteiger partial charge on any atom is 0.272 e. The Labute approximate surface area is 172 Å². The fraction of sp³-hybridized carbons (Fsp3) is 0.318. The second-order valence-electron chi connectivity index (χ2n) is 7.71. The van der Waals surface area contributed by atoms with E-state index in [-0.39, 0.29) is 28.7 Å². The number of carbonyl (C=O) groups is 1. The van der Waals surface area contributed by atoms with Crippen molar-refractivity contribution in [3.05, 3.63) is 64.2 Å². The predicted molar refractivity (Wildman–Crippen MR) is 109 cm³/mol. The summed E-state index contributed by atoms with van der Waals surface area (Å²) in [6, 6.07) is 11.6. The van der Waals surface area contributed by atoms with E-state index < -0.39 is 5.82 Å². The highest BCUT2D eigenvalue weighted by Crippen LogP contribution is 2.29. The normalized spacial score (nSPS) is 17.3. The first-order chi connectivity index (χ1) is 14.6. The number of aromatic amines is 1. The first-order valence-corrected chi connectivity index (χ1v) is 10.1. The van der Waals surface area contributed by atoms with Gasteiger partial charge in [0.2, 0.25) is 5.88 Å². The zero-order valence-corrected chi connectivity index (χ0v) is 16.3. The average molecular weight is 408 g/mol. The lowest BCUT2D eigenvalue weighted by molar-refractivity contribution is 0.0622. The highest BCUT2D eigenvalue weighted by atomic mass is 19.1. The van der Waals surface area contributed by atoms with Crippen LogP contribution in [0.3, 0.4) is 0 Å². The SMILES string of the molecule is O=C(c1cc(Oc2n[nH]c(=O)c3ccccc23)ccc1F)N1CCN(C2CC2)CC1. The highest BCUT2D eigenvalue weighted by Gasteiger charge is 2.33. The van der Waals surface area contributed by atoms with Crippen molar-refractivity contribution in [2.45, 2.75) is 18.9 Å². The molecule has 0 bridgehead atoms. The van der Waals surface area contributed by atoms with Gasteiger partial charge in [-0.05, 0) is 43.2 Å². The van der Waals surface area contributed by atoms with Gasteiger partial charge in [0, 0.05) is 32.2 Å². The van der Waals surface area contributed by atoms with Gasteiger partial charge < -0.3 is 9.64 Å². The molecule has 5 rings (SSSR count). The van der Waals surface area contributed by atoms with Crippen molar-refractivity contribution >= 4 is 16.7 Å². The molecular weight excluding hydrogens is 387 g/mol. The summed E-state index contributed by atoms with van der Waals surface area (Å²) in [4.78, 5) is 28.9. The highest BCUT2D eigenvalue weighted by molar-refractivity contribution is 5.95. The summed E-state index contributed by atoms with van der Waals surface area (Å²) in [5.41, 5.74) is -0.348. The Bertz CT molecular complexity index is 1170. The minimum Gasteiger partial charge on any atom is -0.437 e. The number of piperazine rings is 1. The van der Waals surface area contributed by atoms with Crippen LogP contribution < -0.4 is 10.3 Å². The lowest BCUT2D eigenvalue weighted by Crippen LogP contribution is -2.49. The van der Waals surface area contributed by atoms with E-state index >= 15 is 0 Å². The second kappa shape index (κ2) is 7.53. The van der Waals surface area contributed by atoms with Crippen molar-refractivity contribution in [3.8, 4) is 11.6 Å². The molecule has 154 valence electrons. The average Bonchev–Trinajstić information content (AvgIpc) is 3.62. The molecule has 7 nitrogen and oxygen atoms in total. The molecule has 30 heavy (non-hydrogen) atoms. The Balaban J connectivity index is 1.38. The molecule has 0 unspecified atom stereocenters. The molecule has 1 saturated heterocycles. The Morgan fingerprint density at radius 1 is 1.07 bits per heavy atom. The van der Waals surface area contributed by atoms with Crippen LogP contribution in [-0.2, 0) is 0 Å². The maximum absolute atomic E-state index is 14.5. The van der Waals surface area contributed by atoms with E-state index in [1.54, 1.807) is 29.2 Å². The number of aromatic nitrogens is 2. The van der Waals surface area contributed by atoms with Crippen LogP contribution in [-0.4, -0.2) is 58.1 Å². The standard InChI is InChI=1S/C22H21FN4O3/c23-19-8-7-15(30-21-17-4-2-1-3-16(17)20(28)24-25-21)13-18(19)22(29)27-11-9-26(10-12-27)14-5-6-14/h1-4,7-8,13-14H,5-6,9-12H2,(H,24,28). The Kier molecular flexibility index (Phi) is 4.71. The van der Waals surface area contributed by atoms with Gasteiger partial charge in [-0.15, -0.1) is 5.10 Å². The molecule has 8 heteroatoms. The lowest BCUT2D eigenvalue weighted by Gasteiger charge is -2.34. The van der Waals surface area contributed by atoms with Crippen LogP contribution in [0, 0.1) is 5.82 Å². The van der Waals surface area contributed by atoms with Gasteiger partial charge in [-0.3, -0.25) is 14.5 Å². The van der Waals surface area contributed by atoms with E-state index in [0.717, 1.165) is 13.1 Å². The molecule has 2 fully saturated rings. The van der Waals surface area contributed by atoms with Gasteiger partial charge in [0.05, 0.1) is 16.3 Å². The fourth-order valence-corrected chi connectivity index (χ4v) is 3.91. The molecule has 2 aliphatic rings. The molecule has 1 amide bonds. The van der Waals surface area contributed by atoms with E-state index in [9.17, 15) is 14.0 Å². The minimum absolute atomic E-state index is 0.0268. The van der Waals surface area contributed by atoms with Crippen molar-refractivity contribution in [1.82, 2.24) is 20.0 Å². The molecule has 1 saturated carbocycles. The monoisotopic (exact) mass is 408 g/mol. The molecule has 1 aliphatic heterocycles. The number of H-pyrrole nitrogens is 1. The summed E-state index contributed by atoms with van der Waals surface area (Å²) < 4.78 is 20.3. The number of nitrogens with one attached hydrogen (secondary N) is 1. The molecule has 1 aliphatic carbocycles. The van der Waals surface area contributed by atoms with Crippen LogP contribution in [0.5, 0.6) is 11.6 Å². The van der Waals surface area contributed by atoms with Gasteiger partial charge in [-0.2, -0.15) is 0 Å². The summed E-state index contributed by atoms with van der Waals surface area (Å²) in [6.07, 6.45) is 2.46. The zero-order chi connectivity index (χ0) is 20.7. The molecule has 2 aromatic carbocycles. The number of benzene rings is 2. The number of hydrogen-bond donors (Lipinski definition) is 1. The van der Waals surface area contributed by atoms with E-state index in [1.165, 1.54) is 31.0 Å². The second-order valence-corrected chi connectivity index (χ2v) is 7.71. The largest absolute Gasteiger partial charge is 0.437 e.